The average molecular weight is 458 g/mol. The van der Waals surface area contributed by atoms with Crippen LogP contribution >= 0.6 is 11.6 Å². The van der Waals surface area contributed by atoms with Crippen molar-refractivity contribution < 1.29 is 23.5 Å². The van der Waals surface area contributed by atoms with Crippen LogP contribution in [0.3, 0.4) is 0 Å². The highest BCUT2D eigenvalue weighted by Crippen LogP contribution is 2.35. The van der Waals surface area contributed by atoms with Crippen molar-refractivity contribution in [3.63, 3.8) is 0 Å². The molecule has 0 aliphatic heterocycles. The topological polar surface area (TPSA) is 94.8 Å². The number of benzene rings is 2. The zero-order valence-electron chi connectivity index (χ0n) is 18.2. The number of ether oxygens (including phenoxy) is 2. The largest absolute Gasteiger partial charge is 0.444 e. The van der Waals surface area contributed by atoms with Crippen molar-refractivity contribution in [3.05, 3.63) is 64.0 Å². The molecule has 168 valence electrons. The van der Waals surface area contributed by atoms with Gasteiger partial charge in [-0.3, -0.25) is 0 Å². The van der Waals surface area contributed by atoms with Crippen LogP contribution in [-0.4, -0.2) is 23.7 Å². The summed E-state index contributed by atoms with van der Waals surface area (Å²) in [6.45, 7) is 6.88. The van der Waals surface area contributed by atoms with Crippen molar-refractivity contribution in [1.82, 2.24) is 5.32 Å². The summed E-state index contributed by atoms with van der Waals surface area (Å²) in [5.74, 6) is -0.705. The van der Waals surface area contributed by atoms with Crippen molar-refractivity contribution in [1.29, 1.82) is 0 Å². The van der Waals surface area contributed by atoms with E-state index < -0.39 is 29.3 Å². The Morgan fingerprint density at radius 1 is 1.12 bits per heavy atom. The molecule has 0 spiro atoms. The molecule has 0 saturated carbocycles. The highest BCUT2D eigenvalue weighted by Gasteiger charge is 2.25. The summed E-state index contributed by atoms with van der Waals surface area (Å²) in [7, 11) is 0. The molecule has 1 amide bonds. The van der Waals surface area contributed by atoms with Crippen molar-refractivity contribution >= 4 is 34.6 Å². The van der Waals surface area contributed by atoms with Gasteiger partial charge in [0.2, 0.25) is 0 Å². The summed E-state index contributed by atoms with van der Waals surface area (Å²) in [6, 6.07) is 12.7. The molecule has 1 N–H and O–H groups in total. The Kier molecular flexibility index (Phi) is 6.89. The van der Waals surface area contributed by atoms with Crippen LogP contribution in [-0.2, 0) is 9.53 Å². The van der Waals surface area contributed by atoms with E-state index in [9.17, 15) is 14.4 Å². The van der Waals surface area contributed by atoms with Gasteiger partial charge in [0.25, 0.3) is 0 Å². The van der Waals surface area contributed by atoms with Crippen molar-refractivity contribution in [2.45, 2.75) is 45.8 Å². The van der Waals surface area contributed by atoms with Crippen LogP contribution in [0, 0.1) is 0 Å². The number of carbonyl (C=O) groups is 2. The number of hydrogen-bond acceptors (Lipinski definition) is 6. The first-order valence-corrected chi connectivity index (χ1v) is 10.5. The van der Waals surface area contributed by atoms with E-state index in [1.54, 1.807) is 33.8 Å². The minimum Gasteiger partial charge on any atom is -0.444 e. The number of rotatable bonds is 5. The molecule has 3 aromatic rings. The van der Waals surface area contributed by atoms with E-state index in [0.717, 1.165) is 5.56 Å². The zero-order valence-corrected chi connectivity index (χ0v) is 19.0. The minimum atomic E-state index is -0.945. The quantitative estimate of drug-likeness (QED) is 0.316. The van der Waals surface area contributed by atoms with Gasteiger partial charge in [-0.05, 0) is 44.4 Å². The smallest absolute Gasteiger partial charge is 0.408 e. The fraction of sp³-hybridized carbons (Fsp3) is 0.292. The lowest BCUT2D eigenvalue weighted by atomic mass is 10.0. The van der Waals surface area contributed by atoms with Gasteiger partial charge < -0.3 is 19.2 Å². The first-order chi connectivity index (χ1) is 15.1. The second-order valence-electron chi connectivity index (χ2n) is 8.15. The second kappa shape index (κ2) is 9.44. The number of esters is 1. The zero-order chi connectivity index (χ0) is 23.5. The third-order valence-electron chi connectivity index (χ3n) is 4.48. The summed E-state index contributed by atoms with van der Waals surface area (Å²) in [6.07, 6.45) is -0.458. The Balaban J connectivity index is 1.89. The van der Waals surface area contributed by atoms with Crippen molar-refractivity contribution in [2.75, 3.05) is 0 Å². The van der Waals surface area contributed by atoms with Crippen LogP contribution in [0.2, 0.25) is 5.02 Å². The van der Waals surface area contributed by atoms with E-state index in [-0.39, 0.29) is 22.8 Å². The maximum Gasteiger partial charge on any atom is 0.408 e. The van der Waals surface area contributed by atoms with Gasteiger partial charge in [0.05, 0.1) is 5.02 Å². The molecular formula is C24H24ClNO6. The Hall–Kier alpha value is -3.32. The fourth-order valence-corrected chi connectivity index (χ4v) is 3.26. The van der Waals surface area contributed by atoms with Gasteiger partial charge in [-0.15, -0.1) is 0 Å². The number of hydrogen-bond donors (Lipinski definition) is 1. The molecule has 3 rings (SSSR count). The minimum absolute atomic E-state index is 0.0157. The van der Waals surface area contributed by atoms with Gasteiger partial charge in [-0.25, -0.2) is 14.4 Å². The number of halogens is 1. The predicted molar refractivity (Wildman–Crippen MR) is 122 cm³/mol. The molecule has 1 atom stereocenters. The lowest BCUT2D eigenvalue weighted by Gasteiger charge is -2.22. The van der Waals surface area contributed by atoms with Crippen LogP contribution in [0.4, 0.5) is 4.79 Å². The molecule has 0 aliphatic rings. The molecule has 1 heterocycles. The van der Waals surface area contributed by atoms with E-state index in [1.165, 1.54) is 12.1 Å². The van der Waals surface area contributed by atoms with Crippen LogP contribution in [0.25, 0.3) is 22.1 Å². The van der Waals surface area contributed by atoms with Crippen LogP contribution in [0.15, 0.2) is 57.7 Å². The maximum absolute atomic E-state index is 12.6. The normalized spacial score (nSPS) is 12.3. The molecular weight excluding hydrogens is 434 g/mol. The summed E-state index contributed by atoms with van der Waals surface area (Å²) < 4.78 is 15.9. The van der Waals surface area contributed by atoms with Gasteiger partial charge in [-0.2, -0.15) is 0 Å². The van der Waals surface area contributed by atoms with Crippen LogP contribution in [0.1, 0.15) is 34.1 Å². The average Bonchev–Trinajstić information content (AvgIpc) is 2.71. The molecule has 0 aliphatic carbocycles. The first kappa shape index (κ1) is 23.3. The third-order valence-corrected chi connectivity index (χ3v) is 4.77. The standard InChI is InChI=1S/C24H24ClNO6/c1-5-18(26-23(29)32-24(2,3)4)22(28)31-20-13-19-16(11-17(20)25)15(12-21(27)30-19)14-9-7-6-8-10-14/h6-13,18H,5H2,1-4H3,(H,26,29)/t18-/m0/s1. The fourth-order valence-electron chi connectivity index (χ4n) is 3.05. The molecule has 0 saturated heterocycles. The molecule has 0 unspecified atom stereocenters. The molecule has 2 aromatic carbocycles. The van der Waals surface area contributed by atoms with Crippen LogP contribution in [0.5, 0.6) is 5.75 Å². The highest BCUT2D eigenvalue weighted by atomic mass is 35.5. The van der Waals surface area contributed by atoms with E-state index in [0.29, 0.717) is 10.9 Å². The number of fused-ring (bicyclic) bond motifs is 1. The molecule has 7 nitrogen and oxygen atoms in total. The molecule has 1 aromatic heterocycles. The number of amides is 1. The Morgan fingerprint density at radius 3 is 2.44 bits per heavy atom. The van der Waals surface area contributed by atoms with Crippen LogP contribution < -0.4 is 15.7 Å². The lowest BCUT2D eigenvalue weighted by Crippen LogP contribution is -2.44. The number of carbonyl (C=O) groups excluding carboxylic acids is 2. The third kappa shape index (κ3) is 5.68. The van der Waals surface area contributed by atoms with Gasteiger partial charge >= 0.3 is 17.7 Å². The monoisotopic (exact) mass is 457 g/mol. The molecule has 0 radical (unpaired) electrons. The number of nitrogens with one attached hydrogen (secondary N) is 1. The van der Waals surface area contributed by atoms with Gasteiger partial charge in [0.1, 0.15) is 17.2 Å². The van der Waals surface area contributed by atoms with E-state index >= 15 is 0 Å². The Labute approximate surface area is 190 Å². The molecule has 32 heavy (non-hydrogen) atoms. The predicted octanol–water partition coefficient (Wildman–Crippen LogP) is 5.32. The summed E-state index contributed by atoms with van der Waals surface area (Å²) >= 11 is 6.38. The number of alkyl carbamates (subject to hydrolysis) is 1. The van der Waals surface area contributed by atoms with E-state index in [2.05, 4.69) is 5.32 Å². The van der Waals surface area contributed by atoms with E-state index in [4.69, 9.17) is 25.5 Å². The molecule has 0 fully saturated rings. The molecule has 8 heteroatoms. The Bertz CT molecular complexity index is 1200. The van der Waals surface area contributed by atoms with Gasteiger partial charge in [-0.1, -0.05) is 48.9 Å². The Morgan fingerprint density at radius 2 is 1.81 bits per heavy atom. The highest BCUT2D eigenvalue weighted by molar-refractivity contribution is 6.33. The van der Waals surface area contributed by atoms with Gasteiger partial charge in [0.15, 0.2) is 5.75 Å². The van der Waals surface area contributed by atoms with E-state index in [1.807, 2.05) is 30.3 Å². The first-order valence-electron chi connectivity index (χ1n) is 10.1. The second-order valence-corrected chi connectivity index (χ2v) is 8.56. The summed E-state index contributed by atoms with van der Waals surface area (Å²) in [5.41, 5.74) is 0.432. The van der Waals surface area contributed by atoms with Gasteiger partial charge in [0, 0.05) is 17.5 Å². The maximum atomic E-state index is 12.6. The van der Waals surface area contributed by atoms with Crippen molar-refractivity contribution in [2.24, 2.45) is 0 Å². The molecule has 0 bridgehead atoms. The summed E-state index contributed by atoms with van der Waals surface area (Å²) in [5, 5.41) is 3.24. The SMILES string of the molecule is CC[C@H](NC(=O)OC(C)(C)C)C(=O)Oc1cc2oc(=O)cc(-c3ccccc3)c2cc1Cl. The van der Waals surface area contributed by atoms with Crippen molar-refractivity contribution in [3.8, 4) is 16.9 Å². The lowest BCUT2D eigenvalue weighted by molar-refractivity contribution is -0.136. The summed E-state index contributed by atoms with van der Waals surface area (Å²) in [4.78, 5) is 36.8.